The van der Waals surface area contributed by atoms with Gasteiger partial charge in [0.2, 0.25) is 0 Å². The van der Waals surface area contributed by atoms with E-state index in [1.807, 2.05) is 22.9 Å². The molecular formula is C19H15N5. The molecule has 0 aliphatic carbocycles. The summed E-state index contributed by atoms with van der Waals surface area (Å²) in [5.74, 6) is 0.662. The predicted octanol–water partition coefficient (Wildman–Crippen LogP) is 3.87. The third-order valence-corrected chi connectivity index (χ3v) is 4.60. The smallest absolute Gasteiger partial charge is 0.251 e. The first-order valence-electron chi connectivity index (χ1n) is 7.98. The van der Waals surface area contributed by atoms with Gasteiger partial charge in [-0.3, -0.25) is 4.57 Å². The van der Waals surface area contributed by atoms with Crippen molar-refractivity contribution in [1.29, 1.82) is 0 Å². The molecule has 1 N–H and O–H groups in total. The summed E-state index contributed by atoms with van der Waals surface area (Å²) in [4.78, 5) is 8.09. The highest BCUT2D eigenvalue weighted by Crippen LogP contribution is 2.34. The van der Waals surface area contributed by atoms with Crippen LogP contribution in [0.15, 0.2) is 72.1 Å². The Morgan fingerprint density at radius 3 is 2.75 bits per heavy atom. The molecule has 0 saturated heterocycles. The Labute approximate surface area is 138 Å². The molecule has 2 aromatic heterocycles. The number of hydrogen-bond donors (Lipinski definition) is 1. The summed E-state index contributed by atoms with van der Waals surface area (Å²) in [6, 6.07) is 18.9. The van der Waals surface area contributed by atoms with Crippen LogP contribution in [0.4, 0.5) is 5.95 Å². The highest BCUT2D eigenvalue weighted by atomic mass is 15.3. The summed E-state index contributed by atoms with van der Waals surface area (Å²) in [6.07, 6.45) is 4.62. The molecule has 2 aromatic carbocycles. The van der Waals surface area contributed by atoms with Crippen molar-refractivity contribution in [3.05, 3.63) is 78.2 Å². The van der Waals surface area contributed by atoms with Gasteiger partial charge in [-0.1, -0.05) is 48.5 Å². The zero-order valence-corrected chi connectivity index (χ0v) is 12.9. The number of aromatic nitrogens is 4. The van der Waals surface area contributed by atoms with Crippen LogP contribution in [0, 0.1) is 0 Å². The number of benzene rings is 2. The van der Waals surface area contributed by atoms with Gasteiger partial charge in [0.15, 0.2) is 0 Å². The molecule has 5 nitrogen and oxygen atoms in total. The molecule has 1 aliphatic heterocycles. The van der Waals surface area contributed by atoms with Crippen LogP contribution >= 0.6 is 0 Å². The Kier molecular flexibility index (Phi) is 2.85. The minimum atomic E-state index is 0.164. The van der Waals surface area contributed by atoms with Gasteiger partial charge < -0.3 is 4.98 Å². The first-order valence-corrected chi connectivity index (χ1v) is 7.98. The van der Waals surface area contributed by atoms with E-state index in [-0.39, 0.29) is 6.04 Å². The second kappa shape index (κ2) is 5.16. The number of rotatable bonds is 2. The largest absolute Gasteiger partial charge is 0.360 e. The van der Waals surface area contributed by atoms with Crippen LogP contribution in [0.5, 0.6) is 0 Å². The van der Waals surface area contributed by atoms with E-state index in [9.17, 15) is 0 Å². The maximum atomic E-state index is 4.76. The van der Waals surface area contributed by atoms with Crippen molar-refractivity contribution in [2.75, 3.05) is 0 Å². The quantitative estimate of drug-likeness (QED) is 0.610. The van der Waals surface area contributed by atoms with E-state index in [0.29, 0.717) is 5.95 Å². The van der Waals surface area contributed by atoms with Crippen LogP contribution in [0.25, 0.3) is 10.9 Å². The topological polar surface area (TPSA) is 58.9 Å². The summed E-state index contributed by atoms with van der Waals surface area (Å²) in [6.45, 7) is 0. The molecule has 0 bridgehead atoms. The van der Waals surface area contributed by atoms with E-state index in [0.717, 1.165) is 23.2 Å². The molecule has 1 unspecified atom stereocenters. The standard InChI is InChI=1S/C19H15N5/c1-2-6-13(7-3-1)18-10-17(22-19-23-21-12-24(18)19)15-11-20-16-9-5-4-8-14(15)16/h1-9,11-12,18,20H,10H2. The van der Waals surface area contributed by atoms with Crippen molar-refractivity contribution in [2.45, 2.75) is 12.5 Å². The Bertz CT molecular complexity index is 1040. The average Bonchev–Trinajstić information content (AvgIpc) is 3.28. The van der Waals surface area contributed by atoms with Gasteiger partial charge in [-0.15, -0.1) is 10.2 Å². The van der Waals surface area contributed by atoms with E-state index in [2.05, 4.69) is 57.6 Å². The fourth-order valence-corrected chi connectivity index (χ4v) is 3.42. The van der Waals surface area contributed by atoms with E-state index in [1.54, 1.807) is 6.33 Å². The lowest BCUT2D eigenvalue weighted by Gasteiger charge is -2.24. The summed E-state index contributed by atoms with van der Waals surface area (Å²) in [5, 5.41) is 9.43. The average molecular weight is 313 g/mol. The van der Waals surface area contributed by atoms with Crippen LogP contribution in [-0.4, -0.2) is 25.5 Å². The first-order chi connectivity index (χ1) is 11.9. The number of H-pyrrole nitrogens is 1. The molecule has 0 radical (unpaired) electrons. The molecule has 116 valence electrons. The lowest BCUT2D eigenvalue weighted by Crippen LogP contribution is -2.19. The number of aromatic amines is 1. The predicted molar refractivity (Wildman–Crippen MR) is 93.7 cm³/mol. The molecule has 5 rings (SSSR count). The Balaban J connectivity index is 1.66. The Morgan fingerprint density at radius 1 is 1.00 bits per heavy atom. The summed E-state index contributed by atoms with van der Waals surface area (Å²) < 4.78 is 2.05. The van der Waals surface area contributed by atoms with Crippen molar-refractivity contribution in [1.82, 2.24) is 19.7 Å². The van der Waals surface area contributed by atoms with Crippen molar-refractivity contribution in [3.8, 4) is 0 Å². The van der Waals surface area contributed by atoms with Crippen LogP contribution in [0.2, 0.25) is 0 Å². The van der Waals surface area contributed by atoms with Crippen LogP contribution < -0.4 is 0 Å². The monoisotopic (exact) mass is 313 g/mol. The van der Waals surface area contributed by atoms with Crippen LogP contribution in [-0.2, 0) is 0 Å². The van der Waals surface area contributed by atoms with Gasteiger partial charge in [0.1, 0.15) is 6.33 Å². The fourth-order valence-electron chi connectivity index (χ4n) is 3.42. The summed E-state index contributed by atoms with van der Waals surface area (Å²) in [7, 11) is 0. The summed E-state index contributed by atoms with van der Waals surface area (Å²) >= 11 is 0. The molecule has 0 saturated carbocycles. The lowest BCUT2D eigenvalue weighted by molar-refractivity contribution is 0.594. The zero-order chi connectivity index (χ0) is 15.9. The maximum Gasteiger partial charge on any atom is 0.251 e. The van der Waals surface area contributed by atoms with Gasteiger partial charge in [-0.05, 0) is 11.6 Å². The normalized spacial score (nSPS) is 16.8. The molecular weight excluding hydrogens is 298 g/mol. The third-order valence-electron chi connectivity index (χ3n) is 4.60. The fraction of sp³-hybridized carbons (Fsp3) is 0.105. The Morgan fingerprint density at radius 2 is 1.83 bits per heavy atom. The van der Waals surface area contributed by atoms with E-state index in [4.69, 9.17) is 4.99 Å². The molecule has 1 aliphatic rings. The SMILES string of the molecule is c1ccc(C2CC(c3c[nH]c4ccccc34)=Nc3nncn32)cc1. The molecule has 0 spiro atoms. The van der Waals surface area contributed by atoms with Gasteiger partial charge in [0, 0.05) is 29.1 Å². The molecule has 5 heteroatoms. The second-order valence-electron chi connectivity index (χ2n) is 5.98. The summed E-state index contributed by atoms with van der Waals surface area (Å²) in [5.41, 5.74) is 4.55. The number of para-hydroxylation sites is 1. The second-order valence-corrected chi connectivity index (χ2v) is 5.98. The van der Waals surface area contributed by atoms with E-state index >= 15 is 0 Å². The van der Waals surface area contributed by atoms with Gasteiger partial charge in [-0.25, -0.2) is 4.99 Å². The molecule has 4 aromatic rings. The number of nitrogens with one attached hydrogen (secondary N) is 1. The van der Waals surface area contributed by atoms with Crippen molar-refractivity contribution in [2.24, 2.45) is 4.99 Å². The number of hydrogen-bond acceptors (Lipinski definition) is 3. The highest BCUT2D eigenvalue weighted by molar-refractivity contribution is 6.12. The number of aliphatic imine (C=N–C) groups is 1. The van der Waals surface area contributed by atoms with Gasteiger partial charge in [0.05, 0.1) is 11.8 Å². The first kappa shape index (κ1) is 13.2. The van der Waals surface area contributed by atoms with E-state index < -0.39 is 0 Å². The van der Waals surface area contributed by atoms with Gasteiger partial charge in [0.25, 0.3) is 5.95 Å². The van der Waals surface area contributed by atoms with Crippen molar-refractivity contribution in [3.63, 3.8) is 0 Å². The maximum absolute atomic E-state index is 4.76. The van der Waals surface area contributed by atoms with Crippen molar-refractivity contribution >= 4 is 22.6 Å². The molecule has 0 amide bonds. The molecule has 24 heavy (non-hydrogen) atoms. The minimum Gasteiger partial charge on any atom is -0.360 e. The highest BCUT2D eigenvalue weighted by Gasteiger charge is 2.26. The number of nitrogens with zero attached hydrogens (tertiary/aromatic N) is 4. The Hall–Kier alpha value is -3.21. The lowest BCUT2D eigenvalue weighted by atomic mass is 9.95. The van der Waals surface area contributed by atoms with Crippen molar-refractivity contribution < 1.29 is 0 Å². The van der Waals surface area contributed by atoms with Crippen LogP contribution in [0.1, 0.15) is 23.6 Å². The van der Waals surface area contributed by atoms with E-state index in [1.165, 1.54) is 10.9 Å². The zero-order valence-electron chi connectivity index (χ0n) is 12.9. The number of fused-ring (bicyclic) bond motifs is 2. The molecule has 0 fully saturated rings. The van der Waals surface area contributed by atoms with Gasteiger partial charge in [-0.2, -0.15) is 0 Å². The molecule has 3 heterocycles. The minimum absolute atomic E-state index is 0.164. The van der Waals surface area contributed by atoms with Crippen LogP contribution in [0.3, 0.4) is 0 Å². The third kappa shape index (κ3) is 1.98. The molecule has 1 atom stereocenters. The van der Waals surface area contributed by atoms with Gasteiger partial charge >= 0.3 is 0 Å².